The second-order valence-corrected chi connectivity index (χ2v) is 5.57. The second kappa shape index (κ2) is 7.71. The molecule has 1 heterocycles. The largest absolute Gasteiger partial charge is 0.352 e. The van der Waals surface area contributed by atoms with Crippen molar-refractivity contribution >= 4 is 17.7 Å². The van der Waals surface area contributed by atoms with Gasteiger partial charge < -0.3 is 15.5 Å². The molecule has 0 radical (unpaired) electrons. The van der Waals surface area contributed by atoms with Crippen LogP contribution in [0.15, 0.2) is 24.3 Å². The highest BCUT2D eigenvalue weighted by atomic mass is 19.1. The summed E-state index contributed by atoms with van der Waals surface area (Å²) in [5.74, 6) is -1.33. The number of carbonyl (C=O) groups is 3. The highest BCUT2D eigenvalue weighted by molar-refractivity contribution is 5.96. The van der Waals surface area contributed by atoms with E-state index in [-0.39, 0.29) is 30.0 Å². The molecule has 0 bridgehead atoms. The molecule has 124 valence electrons. The topological polar surface area (TPSA) is 78.5 Å². The Bertz CT molecular complexity index is 606. The Morgan fingerprint density at radius 3 is 2.83 bits per heavy atom. The number of hydrogen-bond acceptors (Lipinski definition) is 3. The van der Waals surface area contributed by atoms with E-state index in [9.17, 15) is 18.8 Å². The van der Waals surface area contributed by atoms with Gasteiger partial charge in [0.15, 0.2) is 0 Å². The zero-order valence-electron chi connectivity index (χ0n) is 13.0. The number of carbonyl (C=O) groups excluding carboxylic acids is 3. The summed E-state index contributed by atoms with van der Waals surface area (Å²) < 4.78 is 13.1. The lowest BCUT2D eigenvalue weighted by Crippen LogP contribution is -2.51. The van der Waals surface area contributed by atoms with Gasteiger partial charge in [0.05, 0.1) is 6.54 Å². The highest BCUT2D eigenvalue weighted by Gasteiger charge is 2.24. The monoisotopic (exact) mass is 321 g/mol. The van der Waals surface area contributed by atoms with Crippen LogP contribution < -0.4 is 10.6 Å². The van der Waals surface area contributed by atoms with Crippen LogP contribution in [0.4, 0.5) is 4.39 Å². The van der Waals surface area contributed by atoms with Crippen LogP contribution in [0.1, 0.15) is 30.1 Å². The zero-order chi connectivity index (χ0) is 16.8. The van der Waals surface area contributed by atoms with Gasteiger partial charge in [-0.15, -0.1) is 0 Å². The fraction of sp³-hybridized carbons (Fsp3) is 0.438. The van der Waals surface area contributed by atoms with Gasteiger partial charge in [0.2, 0.25) is 11.8 Å². The van der Waals surface area contributed by atoms with Crippen molar-refractivity contribution in [1.82, 2.24) is 15.5 Å². The summed E-state index contributed by atoms with van der Waals surface area (Å²) >= 11 is 0. The van der Waals surface area contributed by atoms with E-state index in [4.69, 9.17) is 0 Å². The third-order valence-electron chi connectivity index (χ3n) is 3.67. The Morgan fingerprint density at radius 1 is 1.35 bits per heavy atom. The number of halogens is 1. The summed E-state index contributed by atoms with van der Waals surface area (Å²) in [7, 11) is 0. The number of amides is 3. The van der Waals surface area contributed by atoms with Crippen LogP contribution in [0.2, 0.25) is 0 Å². The molecule has 0 spiro atoms. The van der Waals surface area contributed by atoms with E-state index in [2.05, 4.69) is 10.6 Å². The Kier molecular flexibility index (Phi) is 5.67. The first kappa shape index (κ1) is 16.9. The molecule has 1 unspecified atom stereocenters. The van der Waals surface area contributed by atoms with Crippen molar-refractivity contribution in [3.05, 3.63) is 35.6 Å². The minimum Gasteiger partial charge on any atom is -0.352 e. The van der Waals surface area contributed by atoms with Crippen LogP contribution in [-0.4, -0.2) is 48.3 Å². The average molecular weight is 321 g/mol. The molecule has 0 aromatic heterocycles. The molecule has 2 N–H and O–H groups in total. The van der Waals surface area contributed by atoms with Crippen LogP contribution >= 0.6 is 0 Å². The SMILES string of the molecule is CC(=O)NC1CCCN(C(=O)CNC(=O)c2cccc(F)c2)C1. The number of nitrogens with zero attached hydrogens (tertiary/aromatic N) is 1. The summed E-state index contributed by atoms with van der Waals surface area (Å²) in [6, 6.07) is 5.24. The van der Waals surface area contributed by atoms with Crippen molar-refractivity contribution in [2.75, 3.05) is 19.6 Å². The lowest BCUT2D eigenvalue weighted by atomic mass is 10.1. The van der Waals surface area contributed by atoms with Gasteiger partial charge in [-0.2, -0.15) is 0 Å². The summed E-state index contributed by atoms with van der Waals surface area (Å²) in [5.41, 5.74) is 0.174. The molecular weight excluding hydrogens is 301 g/mol. The fourth-order valence-electron chi connectivity index (χ4n) is 2.61. The Morgan fingerprint density at radius 2 is 2.13 bits per heavy atom. The average Bonchev–Trinajstić information content (AvgIpc) is 2.52. The molecule has 2 rings (SSSR count). The third-order valence-corrected chi connectivity index (χ3v) is 3.67. The van der Waals surface area contributed by atoms with Crippen LogP contribution in [0, 0.1) is 5.82 Å². The molecule has 6 nitrogen and oxygen atoms in total. The van der Waals surface area contributed by atoms with E-state index in [0.717, 1.165) is 18.9 Å². The third kappa shape index (κ3) is 5.05. The van der Waals surface area contributed by atoms with Crippen molar-refractivity contribution in [2.24, 2.45) is 0 Å². The van der Waals surface area contributed by atoms with Gasteiger partial charge in [0, 0.05) is 31.6 Å². The lowest BCUT2D eigenvalue weighted by Gasteiger charge is -2.33. The van der Waals surface area contributed by atoms with Gasteiger partial charge >= 0.3 is 0 Å². The normalized spacial score (nSPS) is 17.5. The van der Waals surface area contributed by atoms with Crippen molar-refractivity contribution in [2.45, 2.75) is 25.8 Å². The number of hydrogen-bond donors (Lipinski definition) is 2. The van der Waals surface area contributed by atoms with Crippen molar-refractivity contribution < 1.29 is 18.8 Å². The molecule has 1 aliphatic rings. The highest BCUT2D eigenvalue weighted by Crippen LogP contribution is 2.10. The maximum absolute atomic E-state index is 13.1. The fourth-order valence-corrected chi connectivity index (χ4v) is 2.61. The van der Waals surface area contributed by atoms with Crippen LogP contribution in [0.25, 0.3) is 0 Å². The minimum absolute atomic E-state index is 0.0517. The van der Waals surface area contributed by atoms with E-state index >= 15 is 0 Å². The Hall–Kier alpha value is -2.44. The molecule has 1 saturated heterocycles. The Balaban J connectivity index is 1.84. The predicted molar refractivity (Wildman–Crippen MR) is 82.2 cm³/mol. The van der Waals surface area contributed by atoms with Gasteiger partial charge in [0.1, 0.15) is 5.82 Å². The minimum atomic E-state index is -0.502. The van der Waals surface area contributed by atoms with Gasteiger partial charge in [-0.25, -0.2) is 4.39 Å². The van der Waals surface area contributed by atoms with Crippen molar-refractivity contribution in [1.29, 1.82) is 0 Å². The standard InChI is InChI=1S/C16H20FN3O3/c1-11(21)19-14-6-3-7-20(10-14)15(22)9-18-16(23)12-4-2-5-13(17)8-12/h2,4-5,8,14H,3,6-7,9-10H2,1H3,(H,18,23)(H,19,21). The number of rotatable bonds is 4. The van der Waals surface area contributed by atoms with Gasteiger partial charge in [-0.3, -0.25) is 14.4 Å². The lowest BCUT2D eigenvalue weighted by molar-refractivity contribution is -0.132. The number of nitrogens with one attached hydrogen (secondary N) is 2. The van der Waals surface area contributed by atoms with E-state index < -0.39 is 11.7 Å². The summed E-state index contributed by atoms with van der Waals surface area (Å²) in [5, 5.41) is 5.30. The quantitative estimate of drug-likeness (QED) is 0.856. The zero-order valence-corrected chi connectivity index (χ0v) is 13.0. The van der Waals surface area contributed by atoms with Crippen molar-refractivity contribution in [3.8, 4) is 0 Å². The van der Waals surface area contributed by atoms with Crippen LogP contribution in [0.5, 0.6) is 0 Å². The molecule has 1 atom stereocenters. The first-order valence-corrected chi connectivity index (χ1v) is 7.54. The van der Waals surface area contributed by atoms with Crippen molar-refractivity contribution in [3.63, 3.8) is 0 Å². The van der Waals surface area contributed by atoms with Gasteiger partial charge in [-0.05, 0) is 31.0 Å². The molecule has 0 saturated carbocycles. The smallest absolute Gasteiger partial charge is 0.251 e. The summed E-state index contributed by atoms with van der Waals surface area (Å²) in [4.78, 5) is 36.8. The summed E-state index contributed by atoms with van der Waals surface area (Å²) in [6.07, 6.45) is 1.63. The maximum Gasteiger partial charge on any atom is 0.251 e. The molecule has 7 heteroatoms. The van der Waals surface area contributed by atoms with E-state index in [0.29, 0.717) is 13.1 Å². The molecule has 0 aliphatic carbocycles. The predicted octanol–water partition coefficient (Wildman–Crippen LogP) is 0.683. The van der Waals surface area contributed by atoms with Crippen LogP contribution in [-0.2, 0) is 9.59 Å². The van der Waals surface area contributed by atoms with Gasteiger partial charge in [-0.1, -0.05) is 6.07 Å². The molecule has 1 aliphatic heterocycles. The molecule has 1 aromatic rings. The maximum atomic E-state index is 13.1. The number of benzene rings is 1. The molecular formula is C16H20FN3O3. The number of piperidine rings is 1. The molecule has 23 heavy (non-hydrogen) atoms. The second-order valence-electron chi connectivity index (χ2n) is 5.57. The van der Waals surface area contributed by atoms with E-state index in [1.165, 1.54) is 25.1 Å². The first-order chi connectivity index (χ1) is 11.0. The molecule has 1 aromatic carbocycles. The number of likely N-dealkylation sites (tertiary alicyclic amines) is 1. The van der Waals surface area contributed by atoms with Crippen LogP contribution in [0.3, 0.4) is 0 Å². The van der Waals surface area contributed by atoms with E-state index in [1.54, 1.807) is 4.90 Å². The van der Waals surface area contributed by atoms with E-state index in [1.807, 2.05) is 0 Å². The molecule has 1 fully saturated rings. The molecule has 3 amide bonds. The summed E-state index contributed by atoms with van der Waals surface area (Å²) in [6.45, 7) is 2.33. The Labute approximate surface area is 134 Å². The van der Waals surface area contributed by atoms with Gasteiger partial charge in [0.25, 0.3) is 5.91 Å². The first-order valence-electron chi connectivity index (χ1n) is 7.54.